The SMILES string of the molecule is CCOC(=O)c1[nH]c2c(Cl)cncc2c1N. The lowest BCUT2D eigenvalue weighted by Crippen LogP contribution is -2.07. The third-order valence-corrected chi connectivity index (χ3v) is 2.48. The van der Waals surface area contributed by atoms with Gasteiger partial charge in [-0.2, -0.15) is 0 Å². The number of nitrogens with one attached hydrogen (secondary N) is 1. The molecule has 0 amide bonds. The molecule has 2 heterocycles. The van der Waals surface area contributed by atoms with Crippen LogP contribution in [0.4, 0.5) is 5.69 Å². The fraction of sp³-hybridized carbons (Fsp3) is 0.200. The molecule has 2 aromatic heterocycles. The molecule has 84 valence electrons. The van der Waals surface area contributed by atoms with Gasteiger partial charge in [0.15, 0.2) is 0 Å². The zero-order chi connectivity index (χ0) is 11.7. The van der Waals surface area contributed by atoms with Gasteiger partial charge >= 0.3 is 5.97 Å². The summed E-state index contributed by atoms with van der Waals surface area (Å²) in [7, 11) is 0. The van der Waals surface area contributed by atoms with Gasteiger partial charge in [-0.15, -0.1) is 0 Å². The first-order valence-corrected chi connectivity index (χ1v) is 5.10. The molecule has 0 fully saturated rings. The highest BCUT2D eigenvalue weighted by atomic mass is 35.5. The molecule has 16 heavy (non-hydrogen) atoms. The van der Waals surface area contributed by atoms with Gasteiger partial charge in [-0.05, 0) is 6.92 Å². The monoisotopic (exact) mass is 239 g/mol. The average molecular weight is 240 g/mol. The van der Waals surface area contributed by atoms with Crippen molar-refractivity contribution in [1.82, 2.24) is 9.97 Å². The third kappa shape index (κ3) is 1.59. The van der Waals surface area contributed by atoms with Gasteiger partial charge in [-0.3, -0.25) is 4.98 Å². The van der Waals surface area contributed by atoms with Crippen molar-refractivity contribution in [2.24, 2.45) is 0 Å². The maximum atomic E-state index is 11.5. The van der Waals surface area contributed by atoms with E-state index >= 15 is 0 Å². The van der Waals surface area contributed by atoms with E-state index in [-0.39, 0.29) is 5.69 Å². The van der Waals surface area contributed by atoms with Gasteiger partial charge in [0.2, 0.25) is 0 Å². The number of H-pyrrole nitrogens is 1. The Bertz CT molecular complexity index is 550. The summed E-state index contributed by atoms with van der Waals surface area (Å²) in [6.45, 7) is 2.02. The second kappa shape index (κ2) is 4.02. The van der Waals surface area contributed by atoms with Crippen LogP contribution in [0, 0.1) is 0 Å². The Morgan fingerprint density at radius 2 is 2.38 bits per heavy atom. The van der Waals surface area contributed by atoms with Gasteiger partial charge in [0.05, 0.1) is 22.8 Å². The zero-order valence-corrected chi connectivity index (χ0v) is 9.34. The smallest absolute Gasteiger partial charge is 0.356 e. The molecule has 2 rings (SSSR count). The number of pyridine rings is 1. The van der Waals surface area contributed by atoms with E-state index in [2.05, 4.69) is 9.97 Å². The molecular formula is C10H10ClN3O2. The number of aromatic nitrogens is 2. The van der Waals surface area contributed by atoms with Crippen molar-refractivity contribution in [2.75, 3.05) is 12.3 Å². The Kier molecular flexibility index (Phi) is 2.70. The number of nitrogen functional groups attached to an aromatic ring is 1. The van der Waals surface area contributed by atoms with E-state index in [0.717, 1.165) is 0 Å². The van der Waals surface area contributed by atoms with E-state index in [1.54, 1.807) is 13.1 Å². The van der Waals surface area contributed by atoms with Crippen LogP contribution in [0.15, 0.2) is 12.4 Å². The number of nitrogens with zero attached hydrogens (tertiary/aromatic N) is 1. The van der Waals surface area contributed by atoms with Gasteiger partial charge in [-0.25, -0.2) is 4.79 Å². The molecule has 0 saturated heterocycles. The lowest BCUT2D eigenvalue weighted by atomic mass is 10.3. The zero-order valence-electron chi connectivity index (χ0n) is 8.58. The number of carbonyl (C=O) groups is 1. The lowest BCUT2D eigenvalue weighted by Gasteiger charge is -1.99. The van der Waals surface area contributed by atoms with Crippen LogP contribution in [0.3, 0.4) is 0 Å². The van der Waals surface area contributed by atoms with Gasteiger partial charge in [0, 0.05) is 17.8 Å². The molecule has 0 aliphatic rings. The Morgan fingerprint density at radius 3 is 3.00 bits per heavy atom. The molecule has 0 saturated carbocycles. The highest BCUT2D eigenvalue weighted by Gasteiger charge is 2.17. The van der Waals surface area contributed by atoms with Crippen molar-refractivity contribution in [3.05, 3.63) is 23.1 Å². The molecule has 0 spiro atoms. The van der Waals surface area contributed by atoms with E-state index in [1.807, 2.05) is 0 Å². The molecule has 3 N–H and O–H groups in total. The summed E-state index contributed by atoms with van der Waals surface area (Å²) in [4.78, 5) is 18.3. The van der Waals surface area contributed by atoms with Crippen LogP contribution in [-0.4, -0.2) is 22.5 Å². The second-order valence-corrected chi connectivity index (χ2v) is 3.59. The summed E-state index contributed by atoms with van der Waals surface area (Å²) in [5.74, 6) is -0.493. The van der Waals surface area contributed by atoms with Crippen LogP contribution in [0.2, 0.25) is 5.02 Å². The fourth-order valence-corrected chi connectivity index (χ4v) is 1.66. The molecule has 0 bridgehead atoms. The normalized spacial score (nSPS) is 10.6. The molecule has 0 radical (unpaired) electrons. The van der Waals surface area contributed by atoms with Gasteiger partial charge in [0.25, 0.3) is 0 Å². The largest absolute Gasteiger partial charge is 0.461 e. The minimum atomic E-state index is -0.493. The van der Waals surface area contributed by atoms with Gasteiger partial charge < -0.3 is 15.5 Å². The molecular weight excluding hydrogens is 230 g/mol. The number of nitrogens with two attached hydrogens (primary N) is 1. The van der Waals surface area contributed by atoms with Crippen LogP contribution in [0.5, 0.6) is 0 Å². The Labute approximate surface area is 96.6 Å². The number of esters is 1. The van der Waals surface area contributed by atoms with E-state index < -0.39 is 5.97 Å². The Morgan fingerprint density at radius 1 is 1.62 bits per heavy atom. The van der Waals surface area contributed by atoms with Crippen LogP contribution in [0.25, 0.3) is 10.9 Å². The standard InChI is InChI=1S/C10H10ClN3O2/c1-2-16-10(15)9-7(12)5-3-13-4-6(11)8(5)14-9/h3-4,14H,2,12H2,1H3. The second-order valence-electron chi connectivity index (χ2n) is 3.18. The van der Waals surface area contributed by atoms with Crippen molar-refractivity contribution in [3.63, 3.8) is 0 Å². The summed E-state index contributed by atoms with van der Waals surface area (Å²) < 4.78 is 4.86. The topological polar surface area (TPSA) is 81.0 Å². The molecule has 0 aliphatic heterocycles. The lowest BCUT2D eigenvalue weighted by molar-refractivity contribution is 0.0522. The predicted molar refractivity (Wildman–Crippen MR) is 61.5 cm³/mol. The van der Waals surface area contributed by atoms with E-state index in [9.17, 15) is 4.79 Å². The molecule has 2 aromatic rings. The minimum absolute atomic E-state index is 0.215. The van der Waals surface area contributed by atoms with Crippen LogP contribution in [-0.2, 0) is 4.74 Å². The first kappa shape index (κ1) is 10.8. The fourth-order valence-electron chi connectivity index (χ4n) is 1.46. The average Bonchev–Trinajstić information content (AvgIpc) is 2.59. The summed E-state index contributed by atoms with van der Waals surface area (Å²) in [5.41, 5.74) is 6.93. The van der Waals surface area contributed by atoms with Gasteiger partial charge in [0.1, 0.15) is 5.69 Å². The third-order valence-electron chi connectivity index (χ3n) is 2.19. The number of carbonyl (C=O) groups excluding carboxylic acids is 1. The van der Waals surface area contributed by atoms with Crippen molar-refractivity contribution in [1.29, 1.82) is 0 Å². The summed E-state index contributed by atoms with van der Waals surface area (Å²) in [5, 5.41) is 1.04. The van der Waals surface area contributed by atoms with E-state index in [0.29, 0.717) is 28.2 Å². The summed E-state index contributed by atoms with van der Waals surface area (Å²) in [6.07, 6.45) is 3.03. The molecule has 0 unspecified atom stereocenters. The number of anilines is 1. The molecule has 6 heteroatoms. The van der Waals surface area contributed by atoms with Crippen LogP contribution in [0.1, 0.15) is 17.4 Å². The highest BCUT2D eigenvalue weighted by molar-refractivity contribution is 6.35. The molecule has 0 atom stereocenters. The van der Waals surface area contributed by atoms with E-state index in [1.165, 1.54) is 6.20 Å². The molecule has 0 aromatic carbocycles. The Hall–Kier alpha value is -1.75. The van der Waals surface area contributed by atoms with Crippen LogP contribution < -0.4 is 5.73 Å². The summed E-state index contributed by atoms with van der Waals surface area (Å²) >= 11 is 5.92. The summed E-state index contributed by atoms with van der Waals surface area (Å²) in [6, 6.07) is 0. The van der Waals surface area contributed by atoms with Crippen molar-refractivity contribution in [2.45, 2.75) is 6.92 Å². The van der Waals surface area contributed by atoms with Crippen molar-refractivity contribution < 1.29 is 9.53 Å². The maximum Gasteiger partial charge on any atom is 0.356 e. The number of ether oxygens (including phenoxy) is 1. The quantitative estimate of drug-likeness (QED) is 0.785. The molecule has 0 aliphatic carbocycles. The number of hydrogen-bond acceptors (Lipinski definition) is 4. The number of rotatable bonds is 2. The first-order chi connectivity index (χ1) is 7.65. The molecule has 5 nitrogen and oxygen atoms in total. The number of halogens is 1. The van der Waals surface area contributed by atoms with E-state index in [4.69, 9.17) is 22.1 Å². The Balaban J connectivity index is 2.60. The number of aromatic amines is 1. The maximum absolute atomic E-state index is 11.5. The van der Waals surface area contributed by atoms with Crippen molar-refractivity contribution >= 4 is 34.2 Å². The minimum Gasteiger partial charge on any atom is -0.461 e. The van der Waals surface area contributed by atoms with Crippen molar-refractivity contribution in [3.8, 4) is 0 Å². The predicted octanol–water partition coefficient (Wildman–Crippen LogP) is 1.98. The van der Waals surface area contributed by atoms with Crippen LogP contribution >= 0.6 is 11.6 Å². The highest BCUT2D eigenvalue weighted by Crippen LogP contribution is 2.29. The number of fused-ring (bicyclic) bond motifs is 1. The number of hydrogen-bond donors (Lipinski definition) is 2. The first-order valence-electron chi connectivity index (χ1n) is 4.73. The van der Waals surface area contributed by atoms with Gasteiger partial charge in [-0.1, -0.05) is 11.6 Å².